The second-order valence-corrected chi connectivity index (χ2v) is 5.24. The van der Waals surface area contributed by atoms with E-state index < -0.39 is 0 Å². The van der Waals surface area contributed by atoms with Crippen LogP contribution in [0.5, 0.6) is 5.75 Å². The smallest absolute Gasteiger partial charge is 0.119 e. The van der Waals surface area contributed by atoms with Crippen LogP contribution in [0.4, 0.5) is 0 Å². The van der Waals surface area contributed by atoms with Gasteiger partial charge in [-0.3, -0.25) is 0 Å². The third-order valence-electron chi connectivity index (χ3n) is 2.47. The van der Waals surface area contributed by atoms with E-state index >= 15 is 0 Å². The molecule has 0 aromatic heterocycles. The van der Waals surface area contributed by atoms with E-state index in [1.807, 2.05) is 36.0 Å². The zero-order chi connectivity index (χ0) is 13.1. The van der Waals surface area contributed by atoms with E-state index in [1.165, 1.54) is 0 Å². The number of nitrogens with two attached hydrogens (primary N) is 1. The molecule has 0 radical (unpaired) electrons. The van der Waals surface area contributed by atoms with Crippen LogP contribution in [0.3, 0.4) is 0 Å². The van der Waals surface area contributed by atoms with Crippen molar-refractivity contribution in [3.8, 4) is 5.75 Å². The number of hydrogen-bond donors (Lipinski definition) is 1. The summed E-state index contributed by atoms with van der Waals surface area (Å²) in [6, 6.07) is 7.98. The van der Waals surface area contributed by atoms with Gasteiger partial charge in [-0.1, -0.05) is 12.1 Å². The molecule has 1 aromatic rings. The Hall–Kier alpha value is -0.710. The van der Waals surface area contributed by atoms with Gasteiger partial charge in [0.05, 0.1) is 6.61 Å². The number of thioether (sulfide) groups is 1. The van der Waals surface area contributed by atoms with Crippen molar-refractivity contribution in [2.75, 3.05) is 31.8 Å². The SMILES string of the molecule is COCCCSCCCOc1cccc(CN)c1. The molecule has 1 aromatic carbocycles. The van der Waals surface area contributed by atoms with Gasteiger partial charge in [0.1, 0.15) is 5.75 Å². The van der Waals surface area contributed by atoms with Crippen molar-refractivity contribution >= 4 is 11.8 Å². The minimum Gasteiger partial charge on any atom is -0.494 e. The highest BCUT2D eigenvalue weighted by Gasteiger charge is 1.96. The van der Waals surface area contributed by atoms with Gasteiger partial charge >= 0.3 is 0 Å². The number of ether oxygens (including phenoxy) is 2. The molecule has 0 saturated carbocycles. The normalized spacial score (nSPS) is 10.6. The maximum Gasteiger partial charge on any atom is 0.119 e. The lowest BCUT2D eigenvalue weighted by Crippen LogP contribution is -2.01. The molecule has 0 unspecified atom stereocenters. The molecule has 0 atom stereocenters. The molecular formula is C14H23NO2S. The number of methoxy groups -OCH3 is 1. The summed E-state index contributed by atoms with van der Waals surface area (Å²) in [5, 5.41) is 0. The summed E-state index contributed by atoms with van der Waals surface area (Å²) < 4.78 is 10.7. The number of benzene rings is 1. The van der Waals surface area contributed by atoms with Gasteiger partial charge in [0, 0.05) is 20.3 Å². The van der Waals surface area contributed by atoms with Gasteiger partial charge in [0.15, 0.2) is 0 Å². The van der Waals surface area contributed by atoms with Crippen molar-refractivity contribution in [2.24, 2.45) is 5.73 Å². The first-order valence-corrected chi connectivity index (χ1v) is 7.50. The highest BCUT2D eigenvalue weighted by atomic mass is 32.2. The van der Waals surface area contributed by atoms with Gasteiger partial charge in [0.25, 0.3) is 0 Å². The van der Waals surface area contributed by atoms with Gasteiger partial charge in [-0.15, -0.1) is 0 Å². The summed E-state index contributed by atoms with van der Waals surface area (Å²) >= 11 is 1.96. The number of rotatable bonds is 10. The third kappa shape index (κ3) is 6.89. The zero-order valence-electron chi connectivity index (χ0n) is 11.1. The summed E-state index contributed by atoms with van der Waals surface area (Å²) in [7, 11) is 1.74. The topological polar surface area (TPSA) is 44.5 Å². The van der Waals surface area contributed by atoms with E-state index in [0.717, 1.165) is 48.9 Å². The van der Waals surface area contributed by atoms with Gasteiger partial charge in [-0.05, 0) is 42.0 Å². The predicted molar refractivity (Wildman–Crippen MR) is 78.3 cm³/mol. The highest BCUT2D eigenvalue weighted by molar-refractivity contribution is 7.99. The molecule has 0 spiro atoms. The molecule has 2 N–H and O–H groups in total. The summed E-state index contributed by atoms with van der Waals surface area (Å²) in [5.74, 6) is 3.22. The van der Waals surface area contributed by atoms with Crippen molar-refractivity contribution < 1.29 is 9.47 Å². The van der Waals surface area contributed by atoms with Crippen molar-refractivity contribution in [1.82, 2.24) is 0 Å². The van der Waals surface area contributed by atoms with Crippen molar-refractivity contribution in [3.05, 3.63) is 29.8 Å². The van der Waals surface area contributed by atoms with E-state index in [2.05, 4.69) is 0 Å². The third-order valence-corrected chi connectivity index (χ3v) is 3.63. The molecule has 0 bridgehead atoms. The molecule has 0 aliphatic heterocycles. The molecule has 4 heteroatoms. The fraction of sp³-hybridized carbons (Fsp3) is 0.571. The molecule has 0 aliphatic carbocycles. The Bertz CT molecular complexity index is 320. The van der Waals surface area contributed by atoms with Crippen LogP contribution in [0.1, 0.15) is 18.4 Å². The van der Waals surface area contributed by atoms with Gasteiger partial charge in [-0.25, -0.2) is 0 Å². The maximum atomic E-state index is 5.68. The van der Waals surface area contributed by atoms with Crippen LogP contribution in [0, 0.1) is 0 Å². The largest absolute Gasteiger partial charge is 0.494 e. The first-order chi connectivity index (χ1) is 8.86. The molecule has 0 saturated heterocycles. The Morgan fingerprint density at radius 1 is 1.17 bits per heavy atom. The van der Waals surface area contributed by atoms with Crippen molar-refractivity contribution in [2.45, 2.75) is 19.4 Å². The zero-order valence-corrected chi connectivity index (χ0v) is 11.9. The fourth-order valence-electron chi connectivity index (χ4n) is 1.52. The molecule has 18 heavy (non-hydrogen) atoms. The van der Waals surface area contributed by atoms with Crippen LogP contribution in [-0.4, -0.2) is 31.8 Å². The second-order valence-electron chi connectivity index (χ2n) is 4.01. The standard InChI is InChI=1S/C14H23NO2S/c1-16-7-3-9-18-10-4-8-17-14-6-2-5-13(11-14)12-15/h2,5-6,11H,3-4,7-10,12,15H2,1H3. The summed E-state index contributed by atoms with van der Waals surface area (Å²) in [6.45, 7) is 2.19. The molecule has 0 fully saturated rings. The maximum absolute atomic E-state index is 5.68. The van der Waals surface area contributed by atoms with Crippen molar-refractivity contribution in [3.63, 3.8) is 0 Å². The Kier molecular flexibility index (Phi) is 8.73. The Balaban J connectivity index is 2.03. The molecule has 0 aliphatic rings. The molecule has 102 valence electrons. The Morgan fingerprint density at radius 3 is 2.67 bits per heavy atom. The monoisotopic (exact) mass is 269 g/mol. The van der Waals surface area contributed by atoms with Gasteiger partial charge in [0.2, 0.25) is 0 Å². The Morgan fingerprint density at radius 2 is 1.94 bits per heavy atom. The second kappa shape index (κ2) is 10.2. The quantitative estimate of drug-likeness (QED) is 0.663. The predicted octanol–water partition coefficient (Wildman–Crippen LogP) is 2.68. The lowest BCUT2D eigenvalue weighted by atomic mass is 10.2. The fourth-order valence-corrected chi connectivity index (χ4v) is 2.37. The van der Waals surface area contributed by atoms with Crippen LogP contribution >= 0.6 is 11.8 Å². The van der Waals surface area contributed by atoms with Crippen molar-refractivity contribution in [1.29, 1.82) is 0 Å². The molecular weight excluding hydrogens is 246 g/mol. The van der Waals surface area contributed by atoms with Crippen LogP contribution < -0.4 is 10.5 Å². The number of hydrogen-bond acceptors (Lipinski definition) is 4. The van der Waals surface area contributed by atoms with E-state index in [1.54, 1.807) is 7.11 Å². The average Bonchev–Trinajstić information content (AvgIpc) is 2.42. The highest BCUT2D eigenvalue weighted by Crippen LogP contribution is 2.13. The molecule has 0 heterocycles. The Labute approximate surface area is 114 Å². The lowest BCUT2D eigenvalue weighted by Gasteiger charge is -2.07. The molecule has 1 rings (SSSR count). The van der Waals surface area contributed by atoms with Crippen LogP contribution in [-0.2, 0) is 11.3 Å². The molecule has 0 amide bonds. The van der Waals surface area contributed by atoms with Crippen LogP contribution in [0.25, 0.3) is 0 Å². The summed E-state index contributed by atoms with van der Waals surface area (Å²) in [4.78, 5) is 0. The van der Waals surface area contributed by atoms with E-state index in [0.29, 0.717) is 6.54 Å². The minimum absolute atomic E-state index is 0.562. The van der Waals surface area contributed by atoms with Gasteiger partial charge in [-0.2, -0.15) is 11.8 Å². The molecule has 3 nitrogen and oxygen atoms in total. The van der Waals surface area contributed by atoms with Crippen LogP contribution in [0.2, 0.25) is 0 Å². The average molecular weight is 269 g/mol. The van der Waals surface area contributed by atoms with E-state index in [4.69, 9.17) is 15.2 Å². The first-order valence-electron chi connectivity index (χ1n) is 6.35. The van der Waals surface area contributed by atoms with Gasteiger partial charge < -0.3 is 15.2 Å². The van der Waals surface area contributed by atoms with E-state index in [-0.39, 0.29) is 0 Å². The summed E-state index contributed by atoms with van der Waals surface area (Å²) in [6.07, 6.45) is 2.20. The summed E-state index contributed by atoms with van der Waals surface area (Å²) in [5.41, 5.74) is 6.70. The van der Waals surface area contributed by atoms with E-state index in [9.17, 15) is 0 Å². The minimum atomic E-state index is 0.562. The van der Waals surface area contributed by atoms with Crippen LogP contribution in [0.15, 0.2) is 24.3 Å². The first kappa shape index (κ1) is 15.3. The lowest BCUT2D eigenvalue weighted by molar-refractivity contribution is 0.200.